The average molecular weight is 1260 g/mol. The molecule has 21 rings (SSSR count). The number of benzene rings is 14. The fraction of sp³-hybridized carbons (Fsp3) is 0.0222. The molecule has 1 aliphatic rings. The van der Waals surface area contributed by atoms with Crippen LogP contribution in [0.4, 0.5) is 34.1 Å². The summed E-state index contributed by atoms with van der Waals surface area (Å²) in [6.07, 6.45) is 8.97. The van der Waals surface area contributed by atoms with Crippen LogP contribution in [0, 0.1) is 0 Å². The van der Waals surface area contributed by atoms with Gasteiger partial charge in [0.05, 0.1) is 53.9 Å². The molecular formula is C90H56N4S2. The fourth-order valence-corrected chi connectivity index (χ4v) is 19.1. The molecule has 0 bridgehead atoms. The van der Waals surface area contributed by atoms with E-state index in [0.717, 1.165) is 35.6 Å². The van der Waals surface area contributed by atoms with Crippen LogP contribution in [-0.4, -0.2) is 8.80 Å². The smallest absolute Gasteiger partial charge is 0.0640 e. The van der Waals surface area contributed by atoms with Gasteiger partial charge in [-0.05, 0) is 131 Å². The SMILES string of the molecule is C1=CCCC(c2c3c4cccc5c6c(-c7ccc(N(c8ccccc8)c8cccc9c8sc8ccccc89)cc7)cccc6n(c3c(-c3ccccc3)c3c6cccc7c8c(-c9ccc(N(c%10ccccc%10)c%10cccc%11c%10sc%10ccccc%10%11)cc9)cccc8n(c23)c76)c54)=C1. The van der Waals surface area contributed by atoms with Crippen molar-refractivity contribution in [3.05, 3.63) is 321 Å². The van der Waals surface area contributed by atoms with Crippen LogP contribution < -0.4 is 9.80 Å². The zero-order valence-corrected chi connectivity index (χ0v) is 53.7. The Hall–Kier alpha value is -11.8. The third kappa shape index (κ3) is 7.65. The quantitative estimate of drug-likeness (QED) is 0.136. The maximum Gasteiger partial charge on any atom is 0.0640 e. The van der Waals surface area contributed by atoms with Crippen molar-refractivity contribution >= 4 is 179 Å². The van der Waals surface area contributed by atoms with Gasteiger partial charge < -0.3 is 18.6 Å². The molecule has 6 heteroatoms. The Morgan fingerprint density at radius 2 is 0.688 bits per heavy atom. The first-order valence-corrected chi connectivity index (χ1v) is 34.8. The lowest BCUT2D eigenvalue weighted by Gasteiger charge is -2.26. The van der Waals surface area contributed by atoms with Crippen molar-refractivity contribution in [3.63, 3.8) is 0 Å². The van der Waals surface area contributed by atoms with E-state index in [2.05, 4.69) is 334 Å². The van der Waals surface area contributed by atoms with E-state index in [1.807, 2.05) is 22.7 Å². The topological polar surface area (TPSA) is 15.3 Å². The van der Waals surface area contributed by atoms with Crippen LogP contribution in [0.5, 0.6) is 0 Å². The van der Waals surface area contributed by atoms with E-state index in [1.165, 1.54) is 172 Å². The molecule has 4 nitrogen and oxygen atoms in total. The summed E-state index contributed by atoms with van der Waals surface area (Å²) in [4.78, 5) is 4.86. The first-order valence-electron chi connectivity index (χ1n) is 33.2. The van der Waals surface area contributed by atoms with Crippen LogP contribution >= 0.6 is 22.7 Å². The van der Waals surface area contributed by atoms with Crippen LogP contribution in [0.25, 0.3) is 155 Å². The number of hydrogen-bond acceptors (Lipinski definition) is 4. The molecule has 0 radical (unpaired) electrons. The third-order valence-corrected chi connectivity index (χ3v) is 23.0. The number of anilines is 6. The molecule has 0 atom stereocenters. The van der Waals surface area contributed by atoms with Crippen LogP contribution in [0.15, 0.2) is 315 Å². The molecule has 0 unspecified atom stereocenters. The van der Waals surface area contributed by atoms with Crippen molar-refractivity contribution in [1.82, 2.24) is 8.80 Å². The molecule has 0 aliphatic heterocycles. The lowest BCUT2D eigenvalue weighted by molar-refractivity contribution is 1.06. The molecular weight excluding hydrogens is 1200 g/mol. The summed E-state index contributed by atoms with van der Waals surface area (Å²) in [5, 5.41) is 15.4. The molecule has 0 amide bonds. The van der Waals surface area contributed by atoms with E-state index in [9.17, 15) is 0 Å². The molecule has 96 heavy (non-hydrogen) atoms. The number of rotatable bonds is 10. The molecule has 0 saturated carbocycles. The van der Waals surface area contributed by atoms with Gasteiger partial charge in [-0.2, -0.15) is 0 Å². The van der Waals surface area contributed by atoms with Crippen molar-refractivity contribution in [1.29, 1.82) is 0 Å². The van der Waals surface area contributed by atoms with Gasteiger partial charge in [0.2, 0.25) is 0 Å². The largest absolute Gasteiger partial charge is 0.309 e. The van der Waals surface area contributed by atoms with Gasteiger partial charge in [-0.15, -0.1) is 22.7 Å². The van der Waals surface area contributed by atoms with E-state index < -0.39 is 0 Å². The number of nitrogens with zero attached hydrogens (tertiary/aromatic N) is 4. The highest BCUT2D eigenvalue weighted by molar-refractivity contribution is 7.26. The lowest BCUT2D eigenvalue weighted by atomic mass is 9.86. The fourth-order valence-electron chi connectivity index (χ4n) is 16.7. The first-order chi connectivity index (χ1) is 47.7. The maximum atomic E-state index is 2.67. The minimum Gasteiger partial charge on any atom is -0.309 e. The normalized spacial score (nSPS) is 12.9. The minimum absolute atomic E-state index is 0.945. The molecule has 20 aromatic rings. The predicted molar refractivity (Wildman–Crippen MR) is 414 cm³/mol. The highest BCUT2D eigenvalue weighted by Crippen LogP contribution is 2.56. The molecule has 6 heterocycles. The van der Waals surface area contributed by atoms with Crippen LogP contribution in [0.1, 0.15) is 18.4 Å². The van der Waals surface area contributed by atoms with Gasteiger partial charge >= 0.3 is 0 Å². The van der Waals surface area contributed by atoms with Crippen molar-refractivity contribution in [2.24, 2.45) is 0 Å². The Balaban J connectivity index is 0.775. The molecule has 14 aromatic carbocycles. The second-order valence-electron chi connectivity index (χ2n) is 25.6. The Morgan fingerprint density at radius 3 is 1.18 bits per heavy atom. The predicted octanol–water partition coefficient (Wildman–Crippen LogP) is 26.4. The first kappa shape index (κ1) is 53.7. The minimum atomic E-state index is 0.945. The van der Waals surface area contributed by atoms with Gasteiger partial charge in [-0.1, -0.05) is 231 Å². The second-order valence-corrected chi connectivity index (χ2v) is 27.7. The second kappa shape index (κ2) is 20.9. The van der Waals surface area contributed by atoms with Crippen molar-refractivity contribution in [2.45, 2.75) is 12.8 Å². The van der Waals surface area contributed by atoms with E-state index in [4.69, 9.17) is 0 Å². The molecule has 6 aromatic heterocycles. The summed E-state index contributed by atoms with van der Waals surface area (Å²) < 4.78 is 10.5. The Kier molecular flexibility index (Phi) is 11.7. The zero-order chi connectivity index (χ0) is 62.7. The highest BCUT2D eigenvalue weighted by Gasteiger charge is 2.33. The van der Waals surface area contributed by atoms with E-state index in [0.29, 0.717) is 0 Å². The van der Waals surface area contributed by atoms with E-state index >= 15 is 0 Å². The molecule has 0 saturated heterocycles. The van der Waals surface area contributed by atoms with Gasteiger partial charge in [0.1, 0.15) is 0 Å². The molecule has 448 valence electrons. The van der Waals surface area contributed by atoms with Crippen molar-refractivity contribution in [3.8, 4) is 33.4 Å². The van der Waals surface area contributed by atoms with Crippen molar-refractivity contribution < 1.29 is 0 Å². The summed E-state index contributed by atoms with van der Waals surface area (Å²) in [5.41, 5.74) is 24.3. The van der Waals surface area contributed by atoms with Gasteiger partial charge in [0.25, 0.3) is 0 Å². The standard InChI is InChI=1S/C90H56N4S2/c1-5-23-57(24-6-1)79-83-71-39-17-37-69-82-64(56-49-53-62(54-50-56)92(60-29-11-4-12-30-60)76-44-22-36-68-66-32-14-16-46-78(66)96-90(68)76)34-20-42-74(82)94(85(69)71)88(83)80(58-25-7-2-8-26-58)84-72-40-18-38-70-81-63(33-19-41-73(81)93(86(70)72)87(79)84)55-47-51-61(52-48-55)91(59-27-9-3-10-28-59)75-43-21-35-67-65-31-13-15-45-77(65)95-89(67)75/h1-7,9-25,27-54H,8,26H2. The van der Waals surface area contributed by atoms with E-state index in [1.54, 1.807) is 0 Å². The number of thiophene rings is 2. The molecule has 0 spiro atoms. The summed E-state index contributed by atoms with van der Waals surface area (Å²) in [6, 6.07) is 111. The van der Waals surface area contributed by atoms with Crippen LogP contribution in [0.2, 0.25) is 0 Å². The Bertz CT molecular complexity index is 6600. The average Bonchev–Trinajstić information content (AvgIpc) is 1.49. The maximum absolute atomic E-state index is 2.67. The molecule has 1 aliphatic carbocycles. The van der Waals surface area contributed by atoms with Crippen molar-refractivity contribution in [2.75, 3.05) is 9.80 Å². The van der Waals surface area contributed by atoms with Gasteiger partial charge in [-0.25, -0.2) is 0 Å². The Morgan fingerprint density at radius 1 is 0.292 bits per heavy atom. The number of hydrogen-bond donors (Lipinski definition) is 0. The Labute approximate surface area is 560 Å². The highest BCUT2D eigenvalue weighted by atomic mass is 32.1. The number of para-hydroxylation sites is 4. The van der Waals surface area contributed by atoms with E-state index in [-0.39, 0.29) is 0 Å². The lowest BCUT2D eigenvalue weighted by Crippen LogP contribution is -2.09. The monoisotopic (exact) mass is 1260 g/mol. The van der Waals surface area contributed by atoms with Gasteiger partial charge in [0.15, 0.2) is 0 Å². The van der Waals surface area contributed by atoms with Gasteiger partial charge in [0, 0.05) is 108 Å². The third-order valence-electron chi connectivity index (χ3n) is 20.6. The number of aromatic nitrogens is 2. The summed E-state index contributed by atoms with van der Waals surface area (Å²) in [7, 11) is 0. The van der Waals surface area contributed by atoms with Gasteiger partial charge in [-0.3, -0.25) is 0 Å². The number of allylic oxidation sites excluding steroid dienone is 4. The number of fused-ring (bicyclic) bond motifs is 18. The summed E-state index contributed by atoms with van der Waals surface area (Å²) in [6.45, 7) is 0. The summed E-state index contributed by atoms with van der Waals surface area (Å²) >= 11 is 3.74. The molecule has 0 N–H and O–H groups in total. The van der Waals surface area contributed by atoms with Crippen LogP contribution in [0.3, 0.4) is 0 Å². The van der Waals surface area contributed by atoms with Crippen LogP contribution in [-0.2, 0) is 0 Å². The molecule has 0 fully saturated rings. The summed E-state index contributed by atoms with van der Waals surface area (Å²) in [5.74, 6) is 0. The zero-order valence-electron chi connectivity index (χ0n) is 52.0.